The number of fused-ring (bicyclic) bond motifs is 6. The van der Waals surface area contributed by atoms with Crippen molar-refractivity contribution >= 4 is 37.3 Å². The Morgan fingerprint density at radius 3 is 1.45 bits per heavy atom. The van der Waals surface area contributed by atoms with Gasteiger partial charge < -0.3 is 14.9 Å². The van der Waals surface area contributed by atoms with Gasteiger partial charge in [0.1, 0.15) is 0 Å². The second kappa shape index (κ2) is 13.5. The van der Waals surface area contributed by atoms with Crippen molar-refractivity contribution in [2.24, 2.45) is 23.7 Å². The molecule has 4 aliphatic rings. The van der Waals surface area contributed by atoms with Gasteiger partial charge in [-0.2, -0.15) is 0 Å². The second-order valence-electron chi connectivity index (χ2n) is 11.8. The van der Waals surface area contributed by atoms with Gasteiger partial charge in [-0.15, -0.1) is 0 Å². The molecule has 2 saturated carbocycles. The van der Waals surface area contributed by atoms with Gasteiger partial charge >= 0.3 is 37.9 Å². The molecule has 0 nitrogen and oxygen atoms in total. The monoisotopic (exact) mass is 642 g/mol. The zero-order chi connectivity index (χ0) is 25.4. The van der Waals surface area contributed by atoms with Gasteiger partial charge in [0, 0.05) is 0 Å². The number of halogens is 2. The van der Waals surface area contributed by atoms with E-state index in [0.717, 1.165) is 46.6 Å². The van der Waals surface area contributed by atoms with Crippen molar-refractivity contribution in [3.8, 4) is 0 Å². The van der Waals surface area contributed by atoms with Crippen molar-refractivity contribution in [3.05, 3.63) is 97.8 Å². The van der Waals surface area contributed by atoms with E-state index < -0.39 is 28.9 Å². The molecule has 204 valence electrons. The molecule has 6 rings (SSSR count). The molecule has 0 aromatic heterocycles. The average Bonchev–Trinajstić information content (AvgIpc) is 3.43. The molecule has 8 atom stereocenters. The fraction of sp³-hybridized carbons (Fsp3) is 0.471. The van der Waals surface area contributed by atoms with Gasteiger partial charge in [0.05, 0.1) is 8.07 Å². The van der Waals surface area contributed by atoms with Crippen LogP contribution in [0.4, 0.5) is 0 Å². The predicted octanol–water partition coefficient (Wildman–Crippen LogP) is 11.4. The third-order valence-corrected chi connectivity index (χ3v) is 17.9. The third-order valence-electron chi connectivity index (χ3n) is 10.7. The molecule has 38 heavy (non-hydrogen) atoms. The quantitative estimate of drug-likeness (QED) is 0.229. The van der Waals surface area contributed by atoms with Crippen molar-refractivity contribution in [2.75, 3.05) is 0 Å². The van der Waals surface area contributed by atoms with E-state index in [1.54, 1.807) is 11.1 Å². The third kappa shape index (κ3) is 5.31. The van der Waals surface area contributed by atoms with E-state index in [-0.39, 0.29) is 14.9 Å². The molecule has 0 N–H and O–H groups in total. The number of hydrogen-bond acceptors (Lipinski definition) is 0. The van der Waals surface area contributed by atoms with E-state index in [4.69, 9.17) is 17.0 Å². The molecule has 2 aromatic carbocycles. The van der Waals surface area contributed by atoms with Gasteiger partial charge in [-0.25, -0.2) is 0 Å². The molecule has 0 bridgehead atoms. The van der Waals surface area contributed by atoms with Crippen LogP contribution in [-0.4, -0.2) is 8.07 Å². The van der Waals surface area contributed by atoms with Crippen LogP contribution in [0, 0.1) is 38.5 Å². The number of hydrogen-bond donors (Lipinski definition) is 0. The van der Waals surface area contributed by atoms with Gasteiger partial charge in [0.25, 0.3) is 0 Å². The van der Waals surface area contributed by atoms with Crippen LogP contribution < -0.4 is 0 Å². The Morgan fingerprint density at radius 2 is 1.08 bits per heavy atom. The molecule has 0 amide bonds. The second-order valence-corrected chi connectivity index (χ2v) is 20.8. The molecule has 0 heterocycles. The van der Waals surface area contributed by atoms with E-state index in [9.17, 15) is 0 Å². The Kier molecular flexibility index (Phi) is 11.4. The first-order valence-corrected chi connectivity index (χ1v) is 22.9. The van der Waals surface area contributed by atoms with E-state index in [1.807, 2.05) is 0 Å². The van der Waals surface area contributed by atoms with Gasteiger partial charge in [-0.05, 0) is 81.7 Å². The maximum absolute atomic E-state index is 4.93. The summed E-state index contributed by atoms with van der Waals surface area (Å²) in [6, 6.07) is 21.4. The minimum absolute atomic E-state index is 0. The summed E-state index contributed by atoms with van der Waals surface area (Å²) in [4.78, 5) is 0. The summed E-state index contributed by atoms with van der Waals surface area (Å²) < 4.78 is 0. The van der Waals surface area contributed by atoms with E-state index in [1.165, 1.54) is 36.1 Å². The molecular formula is C34H46Cl2SiZr. The van der Waals surface area contributed by atoms with Crippen LogP contribution in [0.3, 0.4) is 0 Å². The van der Waals surface area contributed by atoms with Crippen LogP contribution in [0.15, 0.2) is 60.7 Å². The fourth-order valence-corrected chi connectivity index (χ4v) is 17.2. The average molecular weight is 645 g/mol. The van der Waals surface area contributed by atoms with Crippen LogP contribution in [0.1, 0.15) is 74.6 Å². The Bertz CT molecular complexity index is 1040. The number of rotatable bonds is 4. The van der Waals surface area contributed by atoms with Crippen LogP contribution in [0.2, 0.25) is 23.2 Å². The minimum atomic E-state index is -1.56. The van der Waals surface area contributed by atoms with Crippen LogP contribution in [-0.2, 0) is 20.8 Å². The number of benzene rings is 2. The summed E-state index contributed by atoms with van der Waals surface area (Å²) in [6.45, 7) is 10.4. The maximum atomic E-state index is 4.93. The molecule has 4 aliphatic carbocycles. The molecule has 8 unspecified atom stereocenters. The standard InChI is InChI=1S/C32H40Si.2CH3.2ClH.Zr/c1-5-33(6-2,31-21(3)19-29-25-13-9-7-11-23(25)15-17-27(29)31)32-22(4)20-30-26-14-10-8-12-24(26)16-18-28(30)32;;;;;/h7-18,21-22,27-32H,5-6,19-20H2,1-4H3;2*1H3;2*1H;/q;2*-1;;;+4/p-2. The zero-order valence-electron chi connectivity index (χ0n) is 24.1. The van der Waals surface area contributed by atoms with Crippen LogP contribution in [0.25, 0.3) is 12.2 Å². The first kappa shape index (κ1) is 32.1. The Hall–Kier alpha value is -0.400. The molecule has 2 aromatic rings. The normalized spacial score (nSPS) is 31.7. The first-order valence-electron chi connectivity index (χ1n) is 14.0. The summed E-state index contributed by atoms with van der Waals surface area (Å²) in [7, 11) is 8.30. The van der Waals surface area contributed by atoms with E-state index in [0.29, 0.717) is 0 Å². The Labute approximate surface area is 253 Å². The summed E-state index contributed by atoms with van der Waals surface area (Å²) in [5.74, 6) is 4.68. The fourth-order valence-electron chi connectivity index (χ4n) is 9.59. The molecule has 2 fully saturated rings. The summed E-state index contributed by atoms with van der Waals surface area (Å²) in [6.07, 6.45) is 13.1. The molecule has 0 saturated heterocycles. The summed E-state index contributed by atoms with van der Waals surface area (Å²) in [5, 5.41) is 0. The van der Waals surface area contributed by atoms with Crippen LogP contribution in [0.5, 0.6) is 0 Å². The van der Waals surface area contributed by atoms with E-state index >= 15 is 0 Å². The predicted molar refractivity (Wildman–Crippen MR) is 170 cm³/mol. The van der Waals surface area contributed by atoms with Crippen molar-refractivity contribution in [3.63, 3.8) is 0 Å². The number of allylic oxidation sites excluding steroid dienone is 2. The van der Waals surface area contributed by atoms with Gasteiger partial charge in [-0.1, -0.05) is 113 Å². The molecule has 4 heteroatoms. The van der Waals surface area contributed by atoms with Crippen molar-refractivity contribution < 1.29 is 20.8 Å². The van der Waals surface area contributed by atoms with E-state index in [2.05, 4.69) is 101 Å². The van der Waals surface area contributed by atoms with Crippen molar-refractivity contribution in [1.29, 1.82) is 0 Å². The van der Waals surface area contributed by atoms with Crippen molar-refractivity contribution in [2.45, 2.75) is 75.5 Å². The Balaban J connectivity index is 0.000000766. The molecule has 0 radical (unpaired) electrons. The summed E-state index contributed by atoms with van der Waals surface area (Å²) in [5.41, 5.74) is 8.07. The Morgan fingerprint density at radius 1 is 0.711 bits per heavy atom. The van der Waals surface area contributed by atoms with Crippen LogP contribution >= 0.6 is 17.0 Å². The molecule has 0 spiro atoms. The molecule has 0 aliphatic heterocycles. The first-order chi connectivity index (χ1) is 17.5. The topological polar surface area (TPSA) is 0 Å². The van der Waals surface area contributed by atoms with Gasteiger partial charge in [-0.3, -0.25) is 0 Å². The zero-order valence-corrected chi connectivity index (χ0v) is 29.1. The van der Waals surface area contributed by atoms with Gasteiger partial charge in [0.2, 0.25) is 0 Å². The SMILES string of the molecule is CC[Si](CC)(C1C(C)CC2c3ccccc3C=CC21)C1C(C)CC2c3ccccc3C=CC21.[CH3-].[CH3-].[Cl][Zr+2][Cl]. The summed E-state index contributed by atoms with van der Waals surface area (Å²) >= 11 is -0.826. The molecular weight excluding hydrogens is 599 g/mol. The van der Waals surface area contributed by atoms with Crippen molar-refractivity contribution in [1.82, 2.24) is 0 Å². The van der Waals surface area contributed by atoms with Gasteiger partial charge in [0.15, 0.2) is 0 Å².